The van der Waals surface area contributed by atoms with E-state index in [0.717, 1.165) is 6.54 Å². The molecule has 1 aromatic carbocycles. The first-order valence-electron chi connectivity index (χ1n) is 16.8. The molecule has 7 rings (SSSR count). The molecule has 6 aliphatic rings. The summed E-state index contributed by atoms with van der Waals surface area (Å²) in [4.78, 5) is 16.5. The Morgan fingerprint density at radius 2 is 1.68 bits per heavy atom. The van der Waals surface area contributed by atoms with Gasteiger partial charge in [0.25, 0.3) is 0 Å². The summed E-state index contributed by atoms with van der Waals surface area (Å²) < 4.78 is 49.2. The fraction of sp³-hybridized carbons (Fsp3) is 0.800. The zero-order chi connectivity index (χ0) is 33.7. The molecule has 1 aromatic rings. The van der Waals surface area contributed by atoms with Crippen LogP contribution in [0, 0.1) is 34.5 Å². The van der Waals surface area contributed by atoms with E-state index in [2.05, 4.69) is 11.8 Å². The molecule has 14 atom stereocenters. The first-order chi connectivity index (χ1) is 22.6. The number of aliphatic hydroxyl groups is 2. The van der Waals surface area contributed by atoms with E-state index in [1.807, 2.05) is 0 Å². The summed E-state index contributed by atoms with van der Waals surface area (Å²) in [5, 5.41) is 24.9. The fourth-order valence-corrected chi connectivity index (χ4v) is 12.5. The number of carbonyl (C=O) groups excluding carboxylic acids is 1. The molecule has 12 heteroatoms. The van der Waals surface area contributed by atoms with Crippen molar-refractivity contribution in [3.63, 3.8) is 0 Å². The van der Waals surface area contributed by atoms with E-state index < -0.39 is 52.2 Å². The molecular formula is C35H51NO11. The third-order valence-electron chi connectivity index (χ3n) is 13.8. The average molecular weight is 662 g/mol. The van der Waals surface area contributed by atoms with Gasteiger partial charge in [-0.05, 0) is 37.1 Å². The van der Waals surface area contributed by atoms with E-state index in [9.17, 15) is 15.0 Å². The number of esters is 1. The minimum atomic E-state index is -1.50. The number of methoxy groups -OCH3 is 7. The lowest BCUT2D eigenvalue weighted by atomic mass is 9.42. The monoisotopic (exact) mass is 661 g/mol. The van der Waals surface area contributed by atoms with Crippen LogP contribution in [0.2, 0.25) is 0 Å². The van der Waals surface area contributed by atoms with Crippen molar-refractivity contribution in [2.24, 2.45) is 34.5 Å². The van der Waals surface area contributed by atoms with Crippen molar-refractivity contribution < 1.29 is 52.9 Å². The summed E-state index contributed by atoms with van der Waals surface area (Å²) >= 11 is 0. The Kier molecular flexibility index (Phi) is 8.20. The van der Waals surface area contributed by atoms with E-state index in [0.29, 0.717) is 43.9 Å². The van der Waals surface area contributed by atoms with Crippen molar-refractivity contribution in [2.75, 3.05) is 69.5 Å². The predicted molar refractivity (Wildman–Crippen MR) is 167 cm³/mol. The van der Waals surface area contributed by atoms with Crippen molar-refractivity contribution in [2.45, 2.75) is 73.9 Å². The van der Waals surface area contributed by atoms with Gasteiger partial charge in [-0.15, -0.1) is 0 Å². The fourth-order valence-electron chi connectivity index (χ4n) is 12.5. The topological polar surface area (TPSA) is 135 Å². The van der Waals surface area contributed by atoms with Gasteiger partial charge in [0.05, 0.1) is 56.4 Å². The number of nitrogens with zero attached hydrogens (tertiary/aromatic N) is 1. The lowest BCUT2D eigenvalue weighted by Crippen LogP contribution is -2.79. The summed E-state index contributed by atoms with van der Waals surface area (Å²) in [6, 6.07) is 4.85. The van der Waals surface area contributed by atoms with Crippen LogP contribution in [-0.2, 0) is 28.4 Å². The number of fused-ring (bicyclic) bond motifs is 2. The van der Waals surface area contributed by atoms with Gasteiger partial charge in [0.2, 0.25) is 0 Å². The Morgan fingerprint density at radius 1 is 0.957 bits per heavy atom. The van der Waals surface area contributed by atoms with Gasteiger partial charge in [0.15, 0.2) is 11.5 Å². The number of hydrogen-bond acceptors (Lipinski definition) is 12. The summed E-state index contributed by atoms with van der Waals surface area (Å²) in [6.07, 6.45) is -1.83. The van der Waals surface area contributed by atoms with E-state index in [4.69, 9.17) is 37.9 Å². The first kappa shape index (κ1) is 33.5. The number of carbonyl (C=O) groups is 1. The number of benzene rings is 1. The lowest BCUT2D eigenvalue weighted by Gasteiger charge is -2.70. The van der Waals surface area contributed by atoms with Gasteiger partial charge in [-0.25, -0.2) is 4.79 Å². The number of likely N-dealkylation sites (tertiary alicyclic amines) is 1. The number of hydrogen-bond donors (Lipinski definition) is 2. The highest BCUT2D eigenvalue weighted by Gasteiger charge is 2.90. The Morgan fingerprint density at radius 3 is 2.28 bits per heavy atom. The van der Waals surface area contributed by atoms with Crippen LogP contribution in [0.5, 0.6) is 11.5 Å². The first-order valence-corrected chi connectivity index (χ1v) is 16.8. The molecule has 0 radical (unpaired) electrons. The quantitative estimate of drug-likeness (QED) is 0.335. The predicted octanol–water partition coefficient (Wildman–Crippen LogP) is 1.78. The zero-order valence-corrected chi connectivity index (χ0v) is 28.8. The highest BCUT2D eigenvalue weighted by Crippen LogP contribution is 2.80. The standard InChI is InChI=1S/C35H51NO11/c1-9-36-16-32(17-40-2)22(37)13-23(43-5)35-19-14-33(39)24(44-6)15-34(46-8,26(29(35)36)27(45-7)28(32)35)25(19)30(33)47-31(38)18-10-11-20(41-3)21(12-18)42-4/h10-12,19,22-30,37,39H,9,13-17H2,1-8H3/t19-,22?,23+,24?,25-,26+,27+,28-,29-,30-,32+,33-,34-,35+/m1/s1. The Labute approximate surface area is 276 Å². The molecule has 1 saturated heterocycles. The third-order valence-corrected chi connectivity index (χ3v) is 13.8. The average Bonchev–Trinajstić information content (AvgIpc) is 3.45. The van der Waals surface area contributed by atoms with Gasteiger partial charge < -0.3 is 48.1 Å². The van der Waals surface area contributed by atoms with E-state index >= 15 is 0 Å². The molecule has 2 unspecified atom stereocenters. The number of ether oxygens (including phenoxy) is 8. The summed E-state index contributed by atoms with van der Waals surface area (Å²) in [5.74, 6) is -0.676. The molecule has 47 heavy (non-hydrogen) atoms. The molecule has 0 amide bonds. The number of piperidine rings is 1. The summed E-state index contributed by atoms with van der Waals surface area (Å²) in [5.41, 5.74) is -3.32. The van der Waals surface area contributed by atoms with Crippen molar-refractivity contribution in [3.8, 4) is 11.5 Å². The molecule has 1 aliphatic heterocycles. The second-order valence-corrected chi connectivity index (χ2v) is 14.7. The number of rotatable bonds is 11. The molecule has 1 heterocycles. The minimum Gasteiger partial charge on any atom is -0.493 e. The Bertz CT molecular complexity index is 1380. The van der Waals surface area contributed by atoms with Crippen molar-refractivity contribution in [1.29, 1.82) is 0 Å². The van der Waals surface area contributed by atoms with Crippen molar-refractivity contribution in [3.05, 3.63) is 23.8 Å². The molecule has 12 nitrogen and oxygen atoms in total. The van der Waals surface area contributed by atoms with Gasteiger partial charge in [0.1, 0.15) is 11.7 Å². The zero-order valence-electron chi connectivity index (χ0n) is 28.8. The molecule has 5 saturated carbocycles. The van der Waals surface area contributed by atoms with E-state index in [1.165, 1.54) is 14.2 Å². The Balaban J connectivity index is 1.43. The van der Waals surface area contributed by atoms with Crippen LogP contribution in [0.15, 0.2) is 18.2 Å². The van der Waals surface area contributed by atoms with Crippen LogP contribution in [-0.4, -0.2) is 138 Å². The SMILES string of the molecule is CCN1C[C@]2(COC)C(O)C[C@H](OC)[C@@]34[C@@H]5C[C@@]6(O)C(OC)C[C@@](OC)([C@H]5[C@H]6OC(=O)c5ccc(OC)c(OC)c5)[C@@H]([C@H](OC)[C@H]23)[C@@H]14. The molecule has 5 aliphatic carbocycles. The van der Waals surface area contributed by atoms with Crippen LogP contribution in [0.4, 0.5) is 0 Å². The van der Waals surface area contributed by atoms with E-state index in [-0.39, 0.29) is 41.6 Å². The minimum absolute atomic E-state index is 0.0359. The maximum atomic E-state index is 14.0. The van der Waals surface area contributed by atoms with E-state index in [1.54, 1.807) is 53.7 Å². The molecular weight excluding hydrogens is 610 g/mol. The summed E-state index contributed by atoms with van der Waals surface area (Å²) in [7, 11) is 11.5. The molecule has 7 bridgehead atoms. The summed E-state index contributed by atoms with van der Waals surface area (Å²) in [6.45, 7) is 3.90. The molecule has 6 fully saturated rings. The Hall–Kier alpha value is -2.03. The van der Waals surface area contributed by atoms with Gasteiger partial charge in [0, 0.05) is 89.6 Å². The van der Waals surface area contributed by atoms with Gasteiger partial charge in [-0.1, -0.05) is 6.92 Å². The van der Waals surface area contributed by atoms with Crippen LogP contribution >= 0.6 is 0 Å². The second-order valence-electron chi connectivity index (χ2n) is 14.7. The van der Waals surface area contributed by atoms with Crippen molar-refractivity contribution >= 4 is 5.97 Å². The second kappa shape index (κ2) is 11.5. The highest BCUT2D eigenvalue weighted by molar-refractivity contribution is 5.90. The molecule has 262 valence electrons. The molecule has 2 N–H and O–H groups in total. The largest absolute Gasteiger partial charge is 0.493 e. The van der Waals surface area contributed by atoms with Crippen LogP contribution in [0.25, 0.3) is 0 Å². The molecule has 0 aromatic heterocycles. The smallest absolute Gasteiger partial charge is 0.338 e. The maximum absolute atomic E-state index is 14.0. The van der Waals surface area contributed by atoms with Crippen LogP contribution in [0.3, 0.4) is 0 Å². The third kappa shape index (κ3) is 3.90. The normalized spacial score (nSPS) is 47.5. The van der Waals surface area contributed by atoms with Gasteiger partial charge >= 0.3 is 5.97 Å². The molecule has 1 spiro atoms. The maximum Gasteiger partial charge on any atom is 0.338 e. The van der Waals surface area contributed by atoms with Crippen molar-refractivity contribution in [1.82, 2.24) is 4.90 Å². The highest BCUT2D eigenvalue weighted by atomic mass is 16.6. The number of aliphatic hydroxyl groups excluding tert-OH is 1. The van der Waals surface area contributed by atoms with Gasteiger partial charge in [-0.3, -0.25) is 4.90 Å². The van der Waals surface area contributed by atoms with Crippen LogP contribution < -0.4 is 9.47 Å². The lowest BCUT2D eigenvalue weighted by molar-refractivity contribution is -0.302. The van der Waals surface area contributed by atoms with Gasteiger partial charge in [-0.2, -0.15) is 0 Å². The van der Waals surface area contributed by atoms with Crippen LogP contribution in [0.1, 0.15) is 36.5 Å².